The van der Waals surface area contributed by atoms with Crippen molar-refractivity contribution < 1.29 is 0 Å². The molecule has 2 heteroatoms. The first-order valence-corrected chi connectivity index (χ1v) is 14.2. The Labute approximate surface area is 234 Å². The molecule has 1 nitrogen and oxygen atoms in total. The maximum atomic E-state index is 2.57. The van der Waals surface area contributed by atoms with Crippen molar-refractivity contribution in [3.63, 3.8) is 0 Å². The Bertz CT molecular complexity index is 2080. The first-order chi connectivity index (χ1) is 19.8. The number of rotatable bonds is 2. The highest BCUT2D eigenvalue weighted by Gasteiger charge is 2.50. The summed E-state index contributed by atoms with van der Waals surface area (Å²) in [5.41, 5.74) is 14.5. The number of benzene rings is 6. The lowest BCUT2D eigenvalue weighted by atomic mass is 9.29. The van der Waals surface area contributed by atoms with Crippen LogP contribution in [0.2, 0.25) is 0 Å². The molecular weight excluding hydrogens is 481 g/mol. The van der Waals surface area contributed by atoms with Gasteiger partial charge in [-0.2, -0.15) is 0 Å². The van der Waals surface area contributed by atoms with Crippen LogP contribution in [0.5, 0.6) is 0 Å². The lowest BCUT2D eigenvalue weighted by Crippen LogP contribution is -2.64. The SMILES string of the molecule is Cc1ccc2c3c1-n1c4ccccc4c4cccc(c41)B3c1ccccc1C2(c1ccccc1)c1ccccc1. The van der Waals surface area contributed by atoms with Crippen LogP contribution in [0.1, 0.15) is 27.8 Å². The van der Waals surface area contributed by atoms with Crippen LogP contribution in [0.4, 0.5) is 0 Å². The molecule has 0 fully saturated rings. The van der Waals surface area contributed by atoms with E-state index < -0.39 is 5.41 Å². The third-order valence-corrected chi connectivity index (χ3v) is 9.46. The smallest absolute Gasteiger partial charge is 0.247 e. The largest absolute Gasteiger partial charge is 0.310 e. The Morgan fingerprint density at radius 1 is 0.525 bits per heavy atom. The third-order valence-electron chi connectivity index (χ3n) is 9.46. The minimum absolute atomic E-state index is 0.169. The molecule has 9 rings (SSSR count). The molecule has 0 radical (unpaired) electrons. The minimum Gasteiger partial charge on any atom is -0.310 e. The molecule has 6 aromatic carbocycles. The number of hydrogen-bond acceptors (Lipinski definition) is 0. The highest BCUT2D eigenvalue weighted by Crippen LogP contribution is 2.48. The number of aryl methyl sites for hydroxylation is 1. The van der Waals surface area contributed by atoms with E-state index in [1.807, 2.05) is 0 Å². The van der Waals surface area contributed by atoms with Gasteiger partial charge in [-0.3, -0.25) is 0 Å². The fourth-order valence-electron chi connectivity index (χ4n) is 8.02. The zero-order valence-electron chi connectivity index (χ0n) is 22.3. The summed E-state index contributed by atoms with van der Waals surface area (Å²) >= 11 is 0. The summed E-state index contributed by atoms with van der Waals surface area (Å²) in [5.74, 6) is 0. The molecule has 3 heterocycles. The molecule has 40 heavy (non-hydrogen) atoms. The quantitative estimate of drug-likeness (QED) is 0.232. The Hall–Kier alpha value is -4.82. The first-order valence-electron chi connectivity index (χ1n) is 14.2. The lowest BCUT2D eigenvalue weighted by Gasteiger charge is -2.46. The molecule has 0 unspecified atom stereocenters. The van der Waals surface area contributed by atoms with Crippen molar-refractivity contribution in [2.24, 2.45) is 0 Å². The summed E-state index contributed by atoms with van der Waals surface area (Å²) in [5, 5.41) is 2.66. The number of nitrogens with zero attached hydrogens (tertiary/aromatic N) is 1. The van der Waals surface area contributed by atoms with Crippen LogP contribution in [0.3, 0.4) is 0 Å². The molecule has 7 aromatic rings. The van der Waals surface area contributed by atoms with E-state index in [1.54, 1.807) is 0 Å². The average molecular weight is 507 g/mol. The van der Waals surface area contributed by atoms with Gasteiger partial charge in [-0.15, -0.1) is 0 Å². The molecule has 0 aliphatic carbocycles. The van der Waals surface area contributed by atoms with Crippen LogP contribution in [-0.2, 0) is 5.41 Å². The molecular formula is C38H26BN. The molecule has 1 aromatic heterocycles. The van der Waals surface area contributed by atoms with Crippen molar-refractivity contribution in [2.75, 3.05) is 0 Å². The topological polar surface area (TPSA) is 4.93 Å². The van der Waals surface area contributed by atoms with E-state index in [0.29, 0.717) is 0 Å². The van der Waals surface area contributed by atoms with Gasteiger partial charge in [0.2, 0.25) is 6.71 Å². The molecule has 0 saturated carbocycles. The molecule has 2 aliphatic heterocycles. The van der Waals surface area contributed by atoms with E-state index in [2.05, 4.69) is 151 Å². The highest BCUT2D eigenvalue weighted by atomic mass is 15.0. The summed E-state index contributed by atoms with van der Waals surface area (Å²) in [4.78, 5) is 0. The summed E-state index contributed by atoms with van der Waals surface area (Å²) in [6.07, 6.45) is 0. The second-order valence-corrected chi connectivity index (χ2v) is 11.3. The minimum atomic E-state index is -0.429. The number of fused-ring (bicyclic) bond motifs is 7. The van der Waals surface area contributed by atoms with Gasteiger partial charge in [-0.1, -0.05) is 139 Å². The van der Waals surface area contributed by atoms with E-state index in [0.717, 1.165) is 0 Å². The highest BCUT2D eigenvalue weighted by molar-refractivity contribution is 6.99. The van der Waals surface area contributed by atoms with Gasteiger partial charge in [0, 0.05) is 22.0 Å². The van der Waals surface area contributed by atoms with Gasteiger partial charge in [0.25, 0.3) is 0 Å². The normalized spacial score (nSPS) is 14.3. The summed E-state index contributed by atoms with van der Waals surface area (Å²) in [6, 6.07) is 52.1. The van der Waals surface area contributed by atoms with Crippen LogP contribution in [-0.4, -0.2) is 11.3 Å². The zero-order chi connectivity index (χ0) is 26.4. The second kappa shape index (κ2) is 7.86. The van der Waals surface area contributed by atoms with Crippen LogP contribution in [0.25, 0.3) is 27.5 Å². The third kappa shape index (κ3) is 2.55. The Morgan fingerprint density at radius 3 is 1.93 bits per heavy atom. The molecule has 2 aliphatic rings. The lowest BCUT2D eigenvalue weighted by molar-refractivity contribution is 0.749. The van der Waals surface area contributed by atoms with Gasteiger partial charge < -0.3 is 4.57 Å². The molecule has 0 atom stereocenters. The predicted octanol–water partition coefficient (Wildman–Crippen LogP) is 6.62. The van der Waals surface area contributed by atoms with Crippen LogP contribution < -0.4 is 16.4 Å². The summed E-state index contributed by atoms with van der Waals surface area (Å²) in [7, 11) is 0. The van der Waals surface area contributed by atoms with Crippen LogP contribution in [0, 0.1) is 6.92 Å². The number of aromatic nitrogens is 1. The summed E-state index contributed by atoms with van der Waals surface area (Å²) < 4.78 is 2.57. The van der Waals surface area contributed by atoms with Gasteiger partial charge in [-0.05, 0) is 51.7 Å². The van der Waals surface area contributed by atoms with Crippen molar-refractivity contribution in [2.45, 2.75) is 12.3 Å². The Balaban J connectivity index is 1.55. The van der Waals surface area contributed by atoms with Crippen molar-refractivity contribution in [1.82, 2.24) is 4.57 Å². The van der Waals surface area contributed by atoms with Gasteiger partial charge in [0.1, 0.15) is 0 Å². The van der Waals surface area contributed by atoms with Gasteiger partial charge in [-0.25, -0.2) is 0 Å². The molecule has 0 N–H and O–H groups in total. The van der Waals surface area contributed by atoms with E-state index in [-0.39, 0.29) is 6.71 Å². The fourth-order valence-corrected chi connectivity index (χ4v) is 8.02. The van der Waals surface area contributed by atoms with Crippen molar-refractivity contribution >= 4 is 44.9 Å². The van der Waals surface area contributed by atoms with Crippen molar-refractivity contribution in [3.8, 4) is 5.69 Å². The van der Waals surface area contributed by atoms with E-state index in [4.69, 9.17) is 0 Å². The van der Waals surface area contributed by atoms with E-state index >= 15 is 0 Å². The summed E-state index contributed by atoms with van der Waals surface area (Å²) in [6.45, 7) is 2.45. The molecule has 0 bridgehead atoms. The maximum Gasteiger partial charge on any atom is 0.247 e. The number of para-hydroxylation sites is 2. The van der Waals surface area contributed by atoms with E-state index in [9.17, 15) is 0 Å². The van der Waals surface area contributed by atoms with E-state index in [1.165, 1.54) is 71.7 Å². The zero-order valence-corrected chi connectivity index (χ0v) is 22.3. The predicted molar refractivity (Wildman–Crippen MR) is 168 cm³/mol. The number of hydrogen-bond donors (Lipinski definition) is 0. The second-order valence-electron chi connectivity index (χ2n) is 11.3. The van der Waals surface area contributed by atoms with Gasteiger partial charge in [0.05, 0.1) is 10.9 Å². The van der Waals surface area contributed by atoms with Crippen molar-refractivity contribution in [1.29, 1.82) is 0 Å². The monoisotopic (exact) mass is 507 g/mol. The Kier molecular flexibility index (Phi) is 4.34. The fraction of sp³-hybridized carbons (Fsp3) is 0.0526. The average Bonchev–Trinajstić information content (AvgIpc) is 3.36. The van der Waals surface area contributed by atoms with Gasteiger partial charge in [0.15, 0.2) is 0 Å². The maximum absolute atomic E-state index is 2.57. The van der Waals surface area contributed by atoms with Crippen LogP contribution >= 0.6 is 0 Å². The molecule has 186 valence electrons. The molecule has 0 saturated heterocycles. The first kappa shape index (κ1) is 22.0. The Morgan fingerprint density at radius 2 is 1.15 bits per heavy atom. The molecule has 0 spiro atoms. The van der Waals surface area contributed by atoms with Crippen molar-refractivity contribution in [3.05, 3.63) is 167 Å². The molecule has 0 amide bonds. The van der Waals surface area contributed by atoms with Crippen LogP contribution in [0.15, 0.2) is 140 Å². The van der Waals surface area contributed by atoms with Gasteiger partial charge >= 0.3 is 0 Å². The standard InChI is InChI=1S/C38H26BN/c1-25-23-24-31-35-36(25)40-34-22-11-8-17-28(34)29-18-12-21-33(37(29)40)39(35)32-20-10-9-19-30(32)38(31,26-13-4-2-5-14-26)27-15-6-3-7-16-27/h2-24H,1H3.